The van der Waals surface area contributed by atoms with E-state index in [1.807, 2.05) is 0 Å². The lowest BCUT2D eigenvalue weighted by molar-refractivity contribution is -0.146. The minimum absolute atomic E-state index is 0.0952. The average molecular weight is 320 g/mol. The zero-order chi connectivity index (χ0) is 16.2. The van der Waals surface area contributed by atoms with E-state index in [0.717, 1.165) is 38.8 Å². The molecule has 1 atom stereocenters. The maximum atomic E-state index is 12.4. The molecule has 2 rings (SSSR count). The first-order valence-corrected chi connectivity index (χ1v) is 8.40. The molecule has 1 saturated carbocycles. The Kier molecular flexibility index (Phi) is 6.12. The molecule has 0 bridgehead atoms. The maximum absolute atomic E-state index is 12.4. The largest absolute Gasteiger partial charge is 0.390 e. The van der Waals surface area contributed by atoms with Gasteiger partial charge in [-0.3, -0.25) is 4.79 Å². The fourth-order valence-electron chi connectivity index (χ4n) is 3.18. The van der Waals surface area contributed by atoms with Crippen LogP contribution in [0, 0.1) is 17.8 Å². The summed E-state index contributed by atoms with van der Waals surface area (Å²) in [6.45, 7) is 4.34. The number of amides is 1. The smallest absolute Gasteiger partial charge is 0.342 e. The van der Waals surface area contributed by atoms with Gasteiger partial charge in [0.1, 0.15) is 0 Å². The number of alkyl halides is 3. The maximum Gasteiger partial charge on any atom is 0.390 e. The van der Waals surface area contributed by atoms with Crippen LogP contribution in [0.2, 0.25) is 0 Å². The van der Waals surface area contributed by atoms with Crippen LogP contribution in [0.4, 0.5) is 13.2 Å². The van der Waals surface area contributed by atoms with Gasteiger partial charge in [0, 0.05) is 19.5 Å². The molecule has 2 fully saturated rings. The molecule has 0 aromatic heterocycles. The minimum atomic E-state index is -4.19. The number of nitrogens with one attached hydrogen (secondary N) is 1. The summed E-state index contributed by atoms with van der Waals surface area (Å²) in [5, 5.41) is 3.30. The third kappa shape index (κ3) is 6.15. The summed E-state index contributed by atoms with van der Waals surface area (Å²) < 4.78 is 37.3. The van der Waals surface area contributed by atoms with E-state index >= 15 is 0 Å². The third-order valence-corrected chi connectivity index (χ3v) is 4.88. The zero-order valence-corrected chi connectivity index (χ0v) is 13.3. The highest BCUT2D eigenvalue weighted by Crippen LogP contribution is 2.31. The first-order chi connectivity index (χ1) is 10.3. The van der Waals surface area contributed by atoms with E-state index in [9.17, 15) is 18.0 Å². The van der Waals surface area contributed by atoms with Crippen LogP contribution in [0.25, 0.3) is 0 Å². The van der Waals surface area contributed by atoms with E-state index in [1.54, 1.807) is 0 Å². The molecule has 3 nitrogen and oxygen atoms in total. The molecule has 1 saturated heterocycles. The second-order valence-electron chi connectivity index (χ2n) is 6.92. The molecule has 2 aliphatic rings. The Morgan fingerprint density at radius 1 is 1.23 bits per heavy atom. The monoisotopic (exact) mass is 320 g/mol. The van der Waals surface area contributed by atoms with Crippen LogP contribution in [0.3, 0.4) is 0 Å². The second-order valence-corrected chi connectivity index (χ2v) is 6.92. The Hall–Kier alpha value is -0.780. The molecule has 0 spiro atoms. The van der Waals surface area contributed by atoms with Crippen LogP contribution >= 0.6 is 0 Å². The van der Waals surface area contributed by atoms with Crippen LogP contribution in [-0.2, 0) is 4.79 Å². The van der Waals surface area contributed by atoms with Gasteiger partial charge in [-0.2, -0.15) is 13.2 Å². The fourth-order valence-corrected chi connectivity index (χ4v) is 3.18. The summed E-state index contributed by atoms with van der Waals surface area (Å²) >= 11 is 0. The van der Waals surface area contributed by atoms with E-state index in [-0.39, 0.29) is 18.4 Å². The number of hydrogen-bond acceptors (Lipinski definition) is 2. The highest BCUT2D eigenvalue weighted by atomic mass is 19.4. The van der Waals surface area contributed by atoms with E-state index in [1.165, 1.54) is 4.90 Å². The molecule has 128 valence electrons. The van der Waals surface area contributed by atoms with Gasteiger partial charge in [-0.25, -0.2) is 0 Å². The number of halogens is 3. The van der Waals surface area contributed by atoms with Crippen LogP contribution in [0.1, 0.15) is 45.4 Å². The van der Waals surface area contributed by atoms with Crippen molar-refractivity contribution in [2.24, 2.45) is 17.8 Å². The fraction of sp³-hybridized carbons (Fsp3) is 0.938. The first-order valence-electron chi connectivity index (χ1n) is 8.40. The predicted octanol–water partition coefficient (Wildman–Crippen LogP) is 3.20. The number of nitrogens with zero attached hydrogens (tertiary/aromatic N) is 1. The van der Waals surface area contributed by atoms with E-state index in [0.29, 0.717) is 24.8 Å². The Bertz CT molecular complexity index is 363. The molecule has 6 heteroatoms. The van der Waals surface area contributed by atoms with E-state index in [2.05, 4.69) is 12.2 Å². The second kappa shape index (κ2) is 7.66. The molecule has 1 N–H and O–H groups in total. The van der Waals surface area contributed by atoms with Crippen molar-refractivity contribution in [1.29, 1.82) is 0 Å². The molecule has 0 aromatic rings. The van der Waals surface area contributed by atoms with Gasteiger partial charge in [0.2, 0.25) is 5.91 Å². The van der Waals surface area contributed by atoms with E-state index in [4.69, 9.17) is 0 Å². The van der Waals surface area contributed by atoms with Crippen LogP contribution in [-0.4, -0.2) is 43.2 Å². The Morgan fingerprint density at radius 3 is 2.41 bits per heavy atom. The van der Waals surface area contributed by atoms with Gasteiger partial charge in [0.15, 0.2) is 0 Å². The van der Waals surface area contributed by atoms with Gasteiger partial charge >= 0.3 is 6.18 Å². The summed E-state index contributed by atoms with van der Waals surface area (Å²) in [7, 11) is 0. The summed E-state index contributed by atoms with van der Waals surface area (Å²) in [6, 6.07) is 0. The van der Waals surface area contributed by atoms with Gasteiger partial charge in [0.25, 0.3) is 0 Å². The number of hydrogen-bond donors (Lipinski definition) is 1. The molecular formula is C16H27F3N2O. The Balaban J connectivity index is 1.83. The zero-order valence-electron chi connectivity index (χ0n) is 13.3. The molecule has 1 unspecified atom stereocenters. The van der Waals surface area contributed by atoms with Crippen molar-refractivity contribution in [3.8, 4) is 0 Å². The number of piperidine rings is 1. The topological polar surface area (TPSA) is 32.3 Å². The van der Waals surface area contributed by atoms with Crippen molar-refractivity contribution in [2.75, 3.05) is 26.2 Å². The standard InChI is InChI=1S/C16H27F3N2O/c1-12(14-4-7-20-8-5-14)10-15(22)21(11-13-2-3-13)9-6-16(17,18)19/h12-14,20H,2-11H2,1H3. The van der Waals surface area contributed by atoms with Crippen molar-refractivity contribution in [3.05, 3.63) is 0 Å². The SMILES string of the molecule is CC(CC(=O)N(CCC(F)(F)F)CC1CC1)C1CCNCC1. The summed E-state index contributed by atoms with van der Waals surface area (Å²) in [5.74, 6) is 1.09. The van der Waals surface area contributed by atoms with Crippen LogP contribution < -0.4 is 5.32 Å². The van der Waals surface area contributed by atoms with Gasteiger partial charge in [0.05, 0.1) is 6.42 Å². The predicted molar refractivity (Wildman–Crippen MR) is 79.4 cm³/mol. The van der Waals surface area contributed by atoms with Gasteiger partial charge in [-0.15, -0.1) is 0 Å². The van der Waals surface area contributed by atoms with Crippen molar-refractivity contribution in [1.82, 2.24) is 10.2 Å². The molecule has 1 aliphatic heterocycles. The molecule has 22 heavy (non-hydrogen) atoms. The van der Waals surface area contributed by atoms with Crippen molar-refractivity contribution in [2.45, 2.75) is 51.6 Å². The quantitative estimate of drug-likeness (QED) is 0.781. The normalized spacial score (nSPS) is 21.6. The molecule has 0 radical (unpaired) electrons. The van der Waals surface area contributed by atoms with Gasteiger partial charge in [-0.1, -0.05) is 6.92 Å². The lowest BCUT2D eigenvalue weighted by atomic mass is 9.84. The Labute approximate surface area is 130 Å². The summed E-state index contributed by atoms with van der Waals surface area (Å²) in [5.41, 5.74) is 0. The van der Waals surface area contributed by atoms with Crippen LogP contribution in [0.15, 0.2) is 0 Å². The lowest BCUT2D eigenvalue weighted by Gasteiger charge is -2.30. The minimum Gasteiger partial charge on any atom is -0.342 e. The molecule has 1 aliphatic carbocycles. The van der Waals surface area contributed by atoms with Crippen molar-refractivity contribution >= 4 is 5.91 Å². The van der Waals surface area contributed by atoms with E-state index < -0.39 is 12.6 Å². The van der Waals surface area contributed by atoms with Gasteiger partial charge < -0.3 is 10.2 Å². The number of rotatable bonds is 7. The highest BCUT2D eigenvalue weighted by molar-refractivity contribution is 5.76. The highest BCUT2D eigenvalue weighted by Gasteiger charge is 2.33. The Morgan fingerprint density at radius 2 is 1.86 bits per heavy atom. The van der Waals surface area contributed by atoms with Gasteiger partial charge in [-0.05, 0) is 56.5 Å². The summed E-state index contributed by atoms with van der Waals surface area (Å²) in [6.07, 6.45) is -0.510. The number of carbonyl (C=O) groups excluding carboxylic acids is 1. The molecule has 1 heterocycles. The van der Waals surface area contributed by atoms with Crippen molar-refractivity contribution in [3.63, 3.8) is 0 Å². The molecular weight excluding hydrogens is 293 g/mol. The lowest BCUT2D eigenvalue weighted by Crippen LogP contribution is -2.38. The third-order valence-electron chi connectivity index (χ3n) is 4.88. The first kappa shape index (κ1) is 17.6. The van der Waals surface area contributed by atoms with Crippen LogP contribution in [0.5, 0.6) is 0 Å². The number of carbonyl (C=O) groups is 1. The van der Waals surface area contributed by atoms with Crippen molar-refractivity contribution < 1.29 is 18.0 Å². The molecule has 1 amide bonds. The average Bonchev–Trinajstić information content (AvgIpc) is 3.27. The molecule has 0 aromatic carbocycles. The summed E-state index contributed by atoms with van der Waals surface area (Å²) in [4.78, 5) is 13.9.